The van der Waals surface area contributed by atoms with Crippen LogP contribution in [0.5, 0.6) is 0 Å². The summed E-state index contributed by atoms with van der Waals surface area (Å²) in [5.74, 6) is 0.714. The maximum absolute atomic E-state index is 3.33. The average molecular weight is 510 g/mol. The number of unbranched alkanes of at least 4 members (excludes halogenated alkanes) is 17. The molecule has 0 aliphatic heterocycles. The molecule has 1 heterocycles. The van der Waals surface area contributed by atoms with Gasteiger partial charge in [0.05, 0.1) is 0 Å². The minimum absolute atomic E-state index is 0.606. The van der Waals surface area contributed by atoms with Crippen LogP contribution in [0.3, 0.4) is 0 Å². The summed E-state index contributed by atoms with van der Waals surface area (Å²) in [6, 6.07) is 11.9. The Bertz CT molecular complexity index is 708. The highest BCUT2D eigenvalue weighted by molar-refractivity contribution is 5.15. The molecule has 0 saturated carbocycles. The van der Waals surface area contributed by atoms with Gasteiger partial charge in [-0.1, -0.05) is 160 Å². The summed E-state index contributed by atoms with van der Waals surface area (Å²) >= 11 is 0. The van der Waals surface area contributed by atoms with Crippen LogP contribution in [0, 0.1) is 5.92 Å². The number of hydrogen-bond donors (Lipinski definition) is 1. The van der Waals surface area contributed by atoms with Crippen molar-refractivity contribution in [2.24, 2.45) is 5.92 Å². The van der Waals surface area contributed by atoms with Crippen LogP contribution in [0.4, 0.5) is 0 Å². The maximum Gasteiger partial charge on any atom is 0.241 e. The SMILES string of the molecule is CCCCCCCCCCCCCC(Cc1ccccc1)C(CCCCCCCCCC)[n+]1cc[nH]c1. The van der Waals surface area contributed by atoms with E-state index in [1.807, 2.05) is 0 Å². The molecule has 0 saturated heterocycles. The highest BCUT2D eigenvalue weighted by Crippen LogP contribution is 2.29. The molecule has 2 aromatic rings. The van der Waals surface area contributed by atoms with Crippen LogP contribution < -0.4 is 4.57 Å². The summed E-state index contributed by atoms with van der Waals surface area (Å²) in [4.78, 5) is 3.33. The highest BCUT2D eigenvalue weighted by atomic mass is 15.1. The fourth-order valence-corrected chi connectivity index (χ4v) is 6.04. The number of nitrogens with one attached hydrogen (secondary N) is 1. The van der Waals surface area contributed by atoms with Gasteiger partial charge in [0.2, 0.25) is 6.33 Å². The summed E-state index contributed by atoms with van der Waals surface area (Å²) in [5.41, 5.74) is 1.51. The number of H-pyrrole nitrogens is 1. The van der Waals surface area contributed by atoms with Gasteiger partial charge in [-0.2, -0.15) is 0 Å². The highest BCUT2D eigenvalue weighted by Gasteiger charge is 2.26. The van der Waals surface area contributed by atoms with E-state index in [2.05, 4.69) is 72.5 Å². The standard InChI is InChI=1S/C35H60N2/c1-3-5-7-9-11-13-14-15-16-18-23-27-34(31-33-25-21-20-22-26-33)35(37-30-29-36-32-37)28-24-19-17-12-10-8-6-4-2/h20-22,25-26,29-30,32,34-35H,3-19,23-24,27-28,31H2,1-2H3/p+1. The quantitative estimate of drug-likeness (QED) is 0.101. The Labute approximate surface area is 231 Å². The van der Waals surface area contributed by atoms with Gasteiger partial charge in [0.25, 0.3) is 0 Å². The molecule has 2 heteroatoms. The predicted molar refractivity (Wildman–Crippen MR) is 162 cm³/mol. The lowest BCUT2D eigenvalue weighted by Gasteiger charge is -2.25. The van der Waals surface area contributed by atoms with Gasteiger partial charge in [0.15, 0.2) is 0 Å². The molecule has 2 nitrogen and oxygen atoms in total. The van der Waals surface area contributed by atoms with E-state index in [9.17, 15) is 0 Å². The van der Waals surface area contributed by atoms with Gasteiger partial charge in [0, 0.05) is 5.92 Å². The molecule has 0 spiro atoms. The molecule has 2 rings (SSSR count). The number of aromatic amines is 1. The van der Waals surface area contributed by atoms with E-state index in [1.54, 1.807) is 0 Å². The fourth-order valence-electron chi connectivity index (χ4n) is 6.04. The first kappa shape index (κ1) is 31.6. The first-order valence-corrected chi connectivity index (χ1v) is 16.4. The first-order valence-electron chi connectivity index (χ1n) is 16.4. The molecule has 0 fully saturated rings. The molecular weight excluding hydrogens is 448 g/mol. The minimum Gasteiger partial charge on any atom is -0.250 e. The fraction of sp³-hybridized carbons (Fsp3) is 0.743. The minimum atomic E-state index is 0.606. The van der Waals surface area contributed by atoms with E-state index in [0.717, 1.165) is 0 Å². The molecular formula is C35H61N2+. The third kappa shape index (κ3) is 15.4. The van der Waals surface area contributed by atoms with E-state index in [-0.39, 0.29) is 0 Å². The zero-order valence-corrected chi connectivity index (χ0v) is 24.8. The molecule has 0 bridgehead atoms. The molecule has 0 aliphatic rings. The monoisotopic (exact) mass is 509 g/mol. The third-order valence-corrected chi connectivity index (χ3v) is 8.37. The van der Waals surface area contributed by atoms with Gasteiger partial charge in [0.1, 0.15) is 18.4 Å². The second kappa shape index (κ2) is 22.4. The van der Waals surface area contributed by atoms with Gasteiger partial charge >= 0.3 is 0 Å². The Morgan fingerprint density at radius 3 is 1.57 bits per heavy atom. The van der Waals surface area contributed by atoms with E-state index < -0.39 is 0 Å². The van der Waals surface area contributed by atoms with Crippen molar-refractivity contribution in [2.45, 2.75) is 161 Å². The van der Waals surface area contributed by atoms with Crippen molar-refractivity contribution in [3.63, 3.8) is 0 Å². The number of imidazole rings is 1. The maximum atomic E-state index is 3.33. The Morgan fingerprint density at radius 2 is 1.08 bits per heavy atom. The second-order valence-electron chi connectivity index (χ2n) is 11.7. The predicted octanol–water partition coefficient (Wildman–Crippen LogP) is 10.9. The molecule has 0 radical (unpaired) electrons. The van der Waals surface area contributed by atoms with Crippen LogP contribution >= 0.6 is 0 Å². The third-order valence-electron chi connectivity index (χ3n) is 8.37. The van der Waals surface area contributed by atoms with Gasteiger partial charge in [-0.05, 0) is 31.2 Å². The summed E-state index contributed by atoms with van der Waals surface area (Å²) in [7, 11) is 0. The summed E-state index contributed by atoms with van der Waals surface area (Å²) in [6.07, 6.45) is 37.3. The van der Waals surface area contributed by atoms with Crippen LogP contribution in [-0.2, 0) is 6.42 Å². The van der Waals surface area contributed by atoms with Crippen molar-refractivity contribution in [2.75, 3.05) is 0 Å². The van der Waals surface area contributed by atoms with Crippen LogP contribution in [0.2, 0.25) is 0 Å². The molecule has 1 N–H and O–H groups in total. The van der Waals surface area contributed by atoms with E-state index in [0.29, 0.717) is 12.0 Å². The lowest BCUT2D eigenvalue weighted by Crippen LogP contribution is -2.42. The number of benzene rings is 1. The van der Waals surface area contributed by atoms with Crippen molar-refractivity contribution < 1.29 is 4.57 Å². The molecule has 1 aromatic heterocycles. The van der Waals surface area contributed by atoms with Crippen molar-refractivity contribution in [1.29, 1.82) is 0 Å². The van der Waals surface area contributed by atoms with E-state index >= 15 is 0 Å². The molecule has 210 valence electrons. The Kier molecular flexibility index (Phi) is 19.2. The lowest BCUT2D eigenvalue weighted by molar-refractivity contribution is -0.730. The molecule has 2 unspecified atom stereocenters. The zero-order valence-electron chi connectivity index (χ0n) is 24.8. The second-order valence-corrected chi connectivity index (χ2v) is 11.7. The van der Waals surface area contributed by atoms with Gasteiger partial charge in [-0.25, -0.2) is 4.57 Å². The van der Waals surface area contributed by atoms with E-state index in [1.165, 1.54) is 147 Å². The van der Waals surface area contributed by atoms with Crippen molar-refractivity contribution in [1.82, 2.24) is 4.98 Å². The zero-order chi connectivity index (χ0) is 26.2. The first-order chi connectivity index (χ1) is 18.3. The van der Waals surface area contributed by atoms with Gasteiger partial charge < -0.3 is 0 Å². The Balaban J connectivity index is 1.79. The normalized spacial score (nSPS) is 13.1. The molecule has 1 aromatic carbocycles. The Morgan fingerprint density at radius 1 is 0.595 bits per heavy atom. The molecule has 0 aliphatic carbocycles. The Hall–Kier alpha value is -1.57. The smallest absolute Gasteiger partial charge is 0.241 e. The van der Waals surface area contributed by atoms with Crippen molar-refractivity contribution >= 4 is 0 Å². The number of aromatic nitrogens is 2. The van der Waals surface area contributed by atoms with Crippen LogP contribution in [0.25, 0.3) is 0 Å². The molecule has 2 atom stereocenters. The molecule has 0 amide bonds. The topological polar surface area (TPSA) is 19.7 Å². The average Bonchev–Trinajstić information content (AvgIpc) is 3.46. The summed E-state index contributed by atoms with van der Waals surface area (Å²) in [5, 5.41) is 0. The van der Waals surface area contributed by atoms with Gasteiger partial charge in [-0.15, -0.1) is 0 Å². The number of hydrogen-bond acceptors (Lipinski definition) is 0. The lowest BCUT2D eigenvalue weighted by atomic mass is 9.84. The van der Waals surface area contributed by atoms with Crippen molar-refractivity contribution in [3.8, 4) is 0 Å². The van der Waals surface area contributed by atoms with E-state index in [4.69, 9.17) is 0 Å². The number of rotatable bonds is 25. The van der Waals surface area contributed by atoms with Crippen LogP contribution in [0.1, 0.15) is 160 Å². The van der Waals surface area contributed by atoms with Gasteiger partial charge in [-0.3, -0.25) is 4.98 Å². The summed E-state index contributed by atoms with van der Waals surface area (Å²) in [6.45, 7) is 4.61. The largest absolute Gasteiger partial charge is 0.250 e. The summed E-state index contributed by atoms with van der Waals surface area (Å²) < 4.78 is 2.49. The van der Waals surface area contributed by atoms with Crippen molar-refractivity contribution in [3.05, 3.63) is 54.6 Å². The van der Waals surface area contributed by atoms with Crippen LogP contribution in [0.15, 0.2) is 49.1 Å². The number of nitrogens with zero attached hydrogens (tertiary/aromatic N) is 1. The van der Waals surface area contributed by atoms with Crippen LogP contribution in [-0.4, -0.2) is 4.98 Å². The molecule has 37 heavy (non-hydrogen) atoms.